The number of nitrogen functional groups attached to an aromatic ring is 1. The van der Waals surface area contributed by atoms with E-state index in [9.17, 15) is 8.42 Å². The molecule has 2 rings (SSSR count). The zero-order valence-corrected chi connectivity index (χ0v) is 13.0. The minimum absolute atomic E-state index is 0.189. The van der Waals surface area contributed by atoms with Gasteiger partial charge in [0, 0.05) is 18.7 Å². The molecule has 0 fully saturated rings. The quantitative estimate of drug-likeness (QED) is 0.800. The number of nitrogens with one attached hydrogen (secondary N) is 1. The van der Waals surface area contributed by atoms with Crippen LogP contribution in [0.4, 0.5) is 5.69 Å². The van der Waals surface area contributed by atoms with Gasteiger partial charge in [0.25, 0.3) is 0 Å². The van der Waals surface area contributed by atoms with E-state index in [0.29, 0.717) is 29.1 Å². The SMILES string of the molecule is Cc1cc(C)c(S(=O)(=O)NCCc2ncon2)c(C)c1N. The number of aryl methyl sites for hydroxylation is 2. The molecular weight excluding hydrogens is 292 g/mol. The van der Waals surface area contributed by atoms with Crippen molar-refractivity contribution in [1.82, 2.24) is 14.9 Å². The Morgan fingerprint density at radius 2 is 2.00 bits per heavy atom. The highest BCUT2D eigenvalue weighted by molar-refractivity contribution is 7.89. The smallest absolute Gasteiger partial charge is 0.241 e. The Labute approximate surface area is 123 Å². The van der Waals surface area contributed by atoms with Crippen molar-refractivity contribution in [3.63, 3.8) is 0 Å². The van der Waals surface area contributed by atoms with Crippen LogP contribution < -0.4 is 10.5 Å². The molecule has 0 aliphatic rings. The van der Waals surface area contributed by atoms with Gasteiger partial charge in [0.05, 0.1) is 4.90 Å². The third-order valence-corrected chi connectivity index (χ3v) is 5.03. The molecule has 7 nitrogen and oxygen atoms in total. The van der Waals surface area contributed by atoms with Gasteiger partial charge in [-0.05, 0) is 37.5 Å². The average molecular weight is 310 g/mol. The lowest BCUT2D eigenvalue weighted by molar-refractivity contribution is 0.410. The molecule has 0 unspecified atom stereocenters. The van der Waals surface area contributed by atoms with Crippen LogP contribution in [0.2, 0.25) is 0 Å². The zero-order chi connectivity index (χ0) is 15.6. The molecule has 1 aromatic carbocycles. The fraction of sp³-hybridized carbons (Fsp3) is 0.385. The summed E-state index contributed by atoms with van der Waals surface area (Å²) in [5, 5.41) is 3.63. The Hall–Kier alpha value is -1.93. The Bertz CT molecular complexity index is 739. The summed E-state index contributed by atoms with van der Waals surface area (Å²) in [7, 11) is -3.63. The van der Waals surface area contributed by atoms with E-state index in [2.05, 4.69) is 19.4 Å². The first kappa shape index (κ1) is 15.5. The van der Waals surface area contributed by atoms with Crippen LogP contribution in [-0.2, 0) is 16.4 Å². The van der Waals surface area contributed by atoms with Gasteiger partial charge in [-0.15, -0.1) is 0 Å². The number of nitrogens with two attached hydrogens (primary N) is 1. The maximum Gasteiger partial charge on any atom is 0.241 e. The third-order valence-electron chi connectivity index (χ3n) is 3.28. The summed E-state index contributed by atoms with van der Waals surface area (Å²) in [5.74, 6) is 0.453. The molecule has 1 heterocycles. The molecule has 21 heavy (non-hydrogen) atoms. The van der Waals surface area contributed by atoms with Gasteiger partial charge in [-0.3, -0.25) is 0 Å². The number of hydrogen-bond acceptors (Lipinski definition) is 6. The van der Waals surface area contributed by atoms with Gasteiger partial charge in [-0.1, -0.05) is 11.2 Å². The molecule has 0 saturated heterocycles. The van der Waals surface area contributed by atoms with Gasteiger partial charge in [0.2, 0.25) is 16.4 Å². The van der Waals surface area contributed by atoms with Crippen LogP contribution in [0, 0.1) is 20.8 Å². The van der Waals surface area contributed by atoms with E-state index in [1.54, 1.807) is 19.9 Å². The predicted octanol–water partition coefficient (Wildman–Crippen LogP) is 1.10. The molecule has 0 aliphatic heterocycles. The molecule has 3 N–H and O–H groups in total. The Balaban J connectivity index is 2.22. The van der Waals surface area contributed by atoms with Gasteiger partial charge in [0.15, 0.2) is 5.82 Å². The number of anilines is 1. The van der Waals surface area contributed by atoms with E-state index in [4.69, 9.17) is 5.73 Å². The first-order chi connectivity index (χ1) is 9.83. The minimum Gasteiger partial charge on any atom is -0.398 e. The highest BCUT2D eigenvalue weighted by Gasteiger charge is 2.21. The summed E-state index contributed by atoms with van der Waals surface area (Å²) >= 11 is 0. The van der Waals surface area contributed by atoms with Crippen molar-refractivity contribution in [2.24, 2.45) is 0 Å². The number of nitrogens with zero attached hydrogens (tertiary/aromatic N) is 2. The maximum absolute atomic E-state index is 12.4. The van der Waals surface area contributed by atoms with E-state index in [0.717, 1.165) is 5.56 Å². The molecule has 0 saturated carbocycles. The van der Waals surface area contributed by atoms with Crippen LogP contribution in [0.5, 0.6) is 0 Å². The number of aromatic nitrogens is 2. The Kier molecular flexibility index (Phi) is 4.29. The summed E-state index contributed by atoms with van der Waals surface area (Å²) < 4.78 is 32.0. The molecule has 0 atom stereocenters. The molecule has 0 radical (unpaired) electrons. The van der Waals surface area contributed by atoms with Gasteiger partial charge >= 0.3 is 0 Å². The van der Waals surface area contributed by atoms with Gasteiger partial charge in [0.1, 0.15) is 0 Å². The van der Waals surface area contributed by atoms with Gasteiger partial charge < -0.3 is 10.3 Å². The molecule has 0 aliphatic carbocycles. The predicted molar refractivity (Wildman–Crippen MR) is 78.3 cm³/mol. The van der Waals surface area contributed by atoms with E-state index in [-0.39, 0.29) is 11.4 Å². The van der Waals surface area contributed by atoms with Crippen molar-refractivity contribution in [3.8, 4) is 0 Å². The van der Waals surface area contributed by atoms with Crippen LogP contribution in [0.3, 0.4) is 0 Å². The average Bonchev–Trinajstić information content (AvgIpc) is 2.88. The standard InChI is InChI=1S/C13H18N4O3S/c1-8-6-9(2)13(10(3)12(8)14)21(18,19)16-5-4-11-15-7-20-17-11/h6-7,16H,4-5,14H2,1-3H3. The molecule has 0 bridgehead atoms. The zero-order valence-electron chi connectivity index (χ0n) is 12.2. The van der Waals surface area contributed by atoms with E-state index in [1.807, 2.05) is 6.92 Å². The van der Waals surface area contributed by atoms with Crippen LogP contribution in [0.15, 0.2) is 21.9 Å². The number of hydrogen-bond donors (Lipinski definition) is 2. The molecule has 1 aromatic heterocycles. The van der Waals surface area contributed by atoms with Crippen LogP contribution in [-0.4, -0.2) is 25.1 Å². The van der Waals surface area contributed by atoms with Gasteiger partial charge in [-0.2, -0.15) is 4.98 Å². The van der Waals surface area contributed by atoms with E-state index in [1.165, 1.54) is 6.39 Å². The van der Waals surface area contributed by atoms with Crippen molar-refractivity contribution < 1.29 is 12.9 Å². The van der Waals surface area contributed by atoms with Crippen LogP contribution >= 0.6 is 0 Å². The van der Waals surface area contributed by atoms with Crippen molar-refractivity contribution >= 4 is 15.7 Å². The van der Waals surface area contributed by atoms with Crippen molar-refractivity contribution in [3.05, 3.63) is 35.0 Å². The highest BCUT2D eigenvalue weighted by atomic mass is 32.2. The summed E-state index contributed by atoms with van der Waals surface area (Å²) in [5.41, 5.74) is 8.54. The first-order valence-electron chi connectivity index (χ1n) is 6.44. The molecule has 114 valence electrons. The molecule has 0 amide bonds. The second-order valence-corrected chi connectivity index (χ2v) is 6.58. The Morgan fingerprint density at radius 3 is 2.62 bits per heavy atom. The lowest BCUT2D eigenvalue weighted by Gasteiger charge is -2.15. The number of sulfonamides is 1. The van der Waals surface area contributed by atoms with Crippen molar-refractivity contribution in [2.75, 3.05) is 12.3 Å². The molecule has 2 aromatic rings. The normalized spacial score (nSPS) is 11.8. The lowest BCUT2D eigenvalue weighted by atomic mass is 10.1. The van der Waals surface area contributed by atoms with Crippen molar-refractivity contribution in [1.29, 1.82) is 0 Å². The molecule has 8 heteroatoms. The van der Waals surface area contributed by atoms with E-state index >= 15 is 0 Å². The second kappa shape index (κ2) is 5.82. The number of rotatable bonds is 5. The van der Waals surface area contributed by atoms with E-state index < -0.39 is 10.0 Å². The number of benzene rings is 1. The first-order valence-corrected chi connectivity index (χ1v) is 7.92. The summed E-state index contributed by atoms with van der Waals surface area (Å²) in [6, 6.07) is 1.77. The van der Waals surface area contributed by atoms with Gasteiger partial charge in [-0.25, -0.2) is 13.1 Å². The maximum atomic E-state index is 12.4. The Morgan fingerprint density at radius 1 is 1.29 bits per heavy atom. The van der Waals surface area contributed by atoms with Crippen LogP contribution in [0.1, 0.15) is 22.5 Å². The second-order valence-electron chi connectivity index (χ2n) is 4.87. The lowest BCUT2D eigenvalue weighted by Crippen LogP contribution is -2.28. The summed E-state index contributed by atoms with van der Waals surface area (Å²) in [6.45, 7) is 5.51. The molecular formula is C13H18N4O3S. The third kappa shape index (κ3) is 3.22. The largest absolute Gasteiger partial charge is 0.398 e. The summed E-state index contributed by atoms with van der Waals surface area (Å²) in [6.07, 6.45) is 1.56. The monoisotopic (exact) mass is 310 g/mol. The highest BCUT2D eigenvalue weighted by Crippen LogP contribution is 2.27. The molecule has 0 spiro atoms. The van der Waals surface area contributed by atoms with Crippen LogP contribution in [0.25, 0.3) is 0 Å². The summed E-state index contributed by atoms with van der Waals surface area (Å²) in [4.78, 5) is 4.07. The van der Waals surface area contributed by atoms with Crippen molar-refractivity contribution in [2.45, 2.75) is 32.1 Å². The fourth-order valence-electron chi connectivity index (χ4n) is 2.27. The fourth-order valence-corrected chi connectivity index (χ4v) is 3.78. The minimum atomic E-state index is -3.63. The topological polar surface area (TPSA) is 111 Å².